The summed E-state index contributed by atoms with van der Waals surface area (Å²) < 4.78 is 0. The van der Waals surface area contributed by atoms with Crippen LogP contribution in [0.2, 0.25) is 0 Å². The standard InChI is InChI=1S/C20H29N3O2/c1-3-16-7-5-6-8-18(16)23-14-17(11-19(23)24)20(25)21-12-15-9-10-22(4-2)13-15/h5-8,15,17H,3-4,9-14H2,1-2H3,(H,21,25). The van der Waals surface area contributed by atoms with Gasteiger partial charge in [-0.15, -0.1) is 0 Å². The minimum atomic E-state index is -0.235. The van der Waals surface area contributed by atoms with E-state index in [2.05, 4.69) is 30.1 Å². The molecule has 2 saturated heterocycles. The summed E-state index contributed by atoms with van der Waals surface area (Å²) in [5, 5.41) is 3.09. The number of carbonyl (C=O) groups excluding carboxylic acids is 2. The Hall–Kier alpha value is -1.88. The fourth-order valence-electron chi connectivity index (χ4n) is 3.95. The Balaban J connectivity index is 1.56. The number of para-hydroxylation sites is 1. The topological polar surface area (TPSA) is 52.7 Å². The van der Waals surface area contributed by atoms with Gasteiger partial charge in [-0.1, -0.05) is 32.0 Å². The molecule has 5 nitrogen and oxygen atoms in total. The van der Waals surface area contributed by atoms with E-state index in [9.17, 15) is 9.59 Å². The molecule has 2 atom stereocenters. The number of nitrogens with one attached hydrogen (secondary N) is 1. The molecule has 0 aromatic heterocycles. The van der Waals surface area contributed by atoms with Gasteiger partial charge in [0.25, 0.3) is 0 Å². The average molecular weight is 343 g/mol. The van der Waals surface area contributed by atoms with E-state index >= 15 is 0 Å². The Labute approximate surface area is 150 Å². The van der Waals surface area contributed by atoms with Crippen molar-refractivity contribution in [2.75, 3.05) is 37.6 Å². The van der Waals surface area contributed by atoms with Crippen LogP contribution in [0.1, 0.15) is 32.3 Å². The Morgan fingerprint density at radius 3 is 2.76 bits per heavy atom. The van der Waals surface area contributed by atoms with E-state index in [1.165, 1.54) is 0 Å². The molecule has 0 bridgehead atoms. The lowest BCUT2D eigenvalue weighted by Crippen LogP contribution is -2.36. The van der Waals surface area contributed by atoms with Crippen molar-refractivity contribution < 1.29 is 9.59 Å². The molecule has 25 heavy (non-hydrogen) atoms. The number of amides is 2. The fraction of sp³-hybridized carbons (Fsp3) is 0.600. The highest BCUT2D eigenvalue weighted by atomic mass is 16.2. The van der Waals surface area contributed by atoms with Crippen LogP contribution in [-0.4, -0.2) is 49.4 Å². The van der Waals surface area contributed by atoms with Gasteiger partial charge in [0.1, 0.15) is 0 Å². The molecule has 2 unspecified atom stereocenters. The lowest BCUT2D eigenvalue weighted by Gasteiger charge is -2.20. The van der Waals surface area contributed by atoms with E-state index in [0.29, 0.717) is 18.9 Å². The maximum atomic E-state index is 12.5. The minimum absolute atomic E-state index is 0.0276. The maximum Gasteiger partial charge on any atom is 0.227 e. The predicted molar refractivity (Wildman–Crippen MR) is 99.5 cm³/mol. The summed E-state index contributed by atoms with van der Waals surface area (Å²) >= 11 is 0. The number of hydrogen-bond acceptors (Lipinski definition) is 3. The summed E-state index contributed by atoms with van der Waals surface area (Å²) in [6, 6.07) is 7.98. The lowest BCUT2D eigenvalue weighted by molar-refractivity contribution is -0.126. The van der Waals surface area contributed by atoms with E-state index in [1.807, 2.05) is 18.2 Å². The number of nitrogens with zero attached hydrogens (tertiary/aromatic N) is 2. The van der Waals surface area contributed by atoms with Crippen molar-refractivity contribution in [3.63, 3.8) is 0 Å². The summed E-state index contributed by atoms with van der Waals surface area (Å²) in [6.45, 7) is 8.75. The number of benzene rings is 1. The summed E-state index contributed by atoms with van der Waals surface area (Å²) in [6.07, 6.45) is 2.34. The molecule has 1 aromatic rings. The van der Waals surface area contributed by atoms with Gasteiger partial charge < -0.3 is 15.1 Å². The number of carbonyl (C=O) groups is 2. The van der Waals surface area contributed by atoms with Crippen molar-refractivity contribution in [1.82, 2.24) is 10.2 Å². The first-order valence-corrected chi connectivity index (χ1v) is 9.50. The van der Waals surface area contributed by atoms with Crippen LogP contribution in [-0.2, 0) is 16.0 Å². The highest BCUT2D eigenvalue weighted by Crippen LogP contribution is 2.28. The Bertz CT molecular complexity index is 631. The van der Waals surface area contributed by atoms with Crippen LogP contribution in [0, 0.1) is 11.8 Å². The van der Waals surface area contributed by atoms with Crippen molar-refractivity contribution in [3.05, 3.63) is 29.8 Å². The molecule has 136 valence electrons. The van der Waals surface area contributed by atoms with Crippen molar-refractivity contribution in [1.29, 1.82) is 0 Å². The average Bonchev–Trinajstić information content (AvgIpc) is 3.26. The van der Waals surface area contributed by atoms with Gasteiger partial charge in [-0.05, 0) is 43.5 Å². The molecule has 0 radical (unpaired) electrons. The van der Waals surface area contributed by atoms with Crippen molar-refractivity contribution in [3.8, 4) is 0 Å². The van der Waals surface area contributed by atoms with Crippen LogP contribution in [0.4, 0.5) is 5.69 Å². The molecule has 1 N–H and O–H groups in total. The Kier molecular flexibility index (Phi) is 5.74. The summed E-state index contributed by atoms with van der Waals surface area (Å²) in [4.78, 5) is 29.2. The summed E-state index contributed by atoms with van der Waals surface area (Å²) in [7, 11) is 0. The number of rotatable bonds is 6. The van der Waals surface area contributed by atoms with Gasteiger partial charge in [-0.25, -0.2) is 0 Å². The smallest absolute Gasteiger partial charge is 0.227 e. The van der Waals surface area contributed by atoms with Gasteiger partial charge in [0.2, 0.25) is 11.8 Å². The van der Waals surface area contributed by atoms with E-state index in [-0.39, 0.29) is 17.7 Å². The van der Waals surface area contributed by atoms with Crippen LogP contribution in [0.15, 0.2) is 24.3 Å². The van der Waals surface area contributed by atoms with Crippen LogP contribution < -0.4 is 10.2 Å². The Morgan fingerprint density at radius 2 is 2.04 bits per heavy atom. The van der Waals surface area contributed by atoms with Gasteiger partial charge in [0.05, 0.1) is 5.92 Å². The van der Waals surface area contributed by atoms with Gasteiger partial charge in [0, 0.05) is 31.7 Å². The first-order chi connectivity index (χ1) is 12.1. The Morgan fingerprint density at radius 1 is 1.24 bits per heavy atom. The maximum absolute atomic E-state index is 12.5. The molecule has 0 spiro atoms. The molecule has 0 aliphatic carbocycles. The van der Waals surface area contributed by atoms with Crippen LogP contribution in [0.3, 0.4) is 0 Å². The first-order valence-electron chi connectivity index (χ1n) is 9.50. The second-order valence-corrected chi connectivity index (χ2v) is 7.18. The molecule has 2 heterocycles. The highest BCUT2D eigenvalue weighted by molar-refractivity contribution is 6.00. The zero-order chi connectivity index (χ0) is 17.8. The second kappa shape index (κ2) is 8.00. The van der Waals surface area contributed by atoms with Gasteiger partial charge >= 0.3 is 0 Å². The largest absolute Gasteiger partial charge is 0.355 e. The zero-order valence-corrected chi connectivity index (χ0v) is 15.3. The van der Waals surface area contributed by atoms with Crippen LogP contribution in [0.5, 0.6) is 0 Å². The van der Waals surface area contributed by atoms with Gasteiger partial charge in [0.15, 0.2) is 0 Å². The lowest BCUT2D eigenvalue weighted by atomic mass is 10.1. The molecule has 2 aliphatic rings. The minimum Gasteiger partial charge on any atom is -0.355 e. The normalized spacial score (nSPS) is 24.1. The quantitative estimate of drug-likeness (QED) is 0.860. The molecule has 2 fully saturated rings. The molecular formula is C20H29N3O2. The van der Waals surface area contributed by atoms with E-state index in [0.717, 1.165) is 50.3 Å². The molecule has 2 aliphatic heterocycles. The molecule has 5 heteroatoms. The third-order valence-electron chi connectivity index (χ3n) is 5.54. The summed E-state index contributed by atoms with van der Waals surface area (Å²) in [5.74, 6) is 0.387. The van der Waals surface area contributed by atoms with E-state index < -0.39 is 0 Å². The molecule has 3 rings (SSSR count). The number of hydrogen-bond donors (Lipinski definition) is 1. The third-order valence-corrected chi connectivity index (χ3v) is 5.54. The van der Waals surface area contributed by atoms with Gasteiger partial charge in [-0.3, -0.25) is 9.59 Å². The van der Waals surface area contributed by atoms with E-state index in [1.54, 1.807) is 4.90 Å². The SMILES string of the molecule is CCc1ccccc1N1CC(C(=O)NCC2CCN(CC)C2)CC1=O. The third kappa shape index (κ3) is 4.03. The van der Waals surface area contributed by atoms with Crippen LogP contribution in [0.25, 0.3) is 0 Å². The number of likely N-dealkylation sites (tertiary alicyclic amines) is 1. The summed E-state index contributed by atoms with van der Waals surface area (Å²) in [5.41, 5.74) is 2.11. The second-order valence-electron chi connectivity index (χ2n) is 7.18. The zero-order valence-electron chi connectivity index (χ0n) is 15.3. The number of aryl methyl sites for hydroxylation is 1. The highest BCUT2D eigenvalue weighted by Gasteiger charge is 2.36. The monoisotopic (exact) mass is 343 g/mol. The molecule has 1 aromatic carbocycles. The predicted octanol–water partition coefficient (Wildman–Crippen LogP) is 2.06. The number of anilines is 1. The van der Waals surface area contributed by atoms with Gasteiger partial charge in [-0.2, -0.15) is 0 Å². The van der Waals surface area contributed by atoms with Crippen molar-refractivity contribution >= 4 is 17.5 Å². The first kappa shape index (κ1) is 17.9. The molecular weight excluding hydrogens is 314 g/mol. The van der Waals surface area contributed by atoms with Crippen LogP contribution >= 0.6 is 0 Å². The molecule has 2 amide bonds. The van der Waals surface area contributed by atoms with Crippen molar-refractivity contribution in [2.24, 2.45) is 11.8 Å². The fourth-order valence-corrected chi connectivity index (χ4v) is 3.95. The van der Waals surface area contributed by atoms with E-state index in [4.69, 9.17) is 0 Å². The van der Waals surface area contributed by atoms with Crippen molar-refractivity contribution in [2.45, 2.75) is 33.1 Å². The molecule has 0 saturated carbocycles.